The first kappa shape index (κ1) is 26.1. The first-order valence-corrected chi connectivity index (χ1v) is 6.42. The third-order valence-electron chi connectivity index (χ3n) is 2.31. The summed E-state index contributed by atoms with van der Waals surface area (Å²) in [4.78, 5) is 0. The van der Waals surface area contributed by atoms with Gasteiger partial charge in [-0.2, -0.15) is 8.78 Å². The van der Waals surface area contributed by atoms with Crippen molar-refractivity contribution in [2.45, 2.75) is 39.7 Å². The molecule has 0 radical (unpaired) electrons. The molecular formula is C18H20F4O2. The van der Waals surface area contributed by atoms with E-state index in [-0.39, 0.29) is 20.6 Å². The first-order chi connectivity index (χ1) is 10.3. The molecule has 1 aromatic carbocycles. The average Bonchev–Trinajstić information content (AvgIpc) is 2.43. The van der Waals surface area contributed by atoms with E-state index in [0.717, 1.165) is 5.56 Å². The lowest BCUT2D eigenvalue weighted by Crippen LogP contribution is -2.10. The number of rotatable bonds is 2. The highest BCUT2D eigenvalue weighted by Crippen LogP contribution is 2.24. The maximum atomic E-state index is 11.8. The number of hydrogen-bond acceptors (Lipinski definition) is 2. The molecule has 0 atom stereocenters. The SMILES string of the molecule is CC#CC#CC#CO.CC(C)(C)c1ccc(OC(F)F)cc1.F.F. The van der Waals surface area contributed by atoms with Crippen molar-refractivity contribution in [2.24, 2.45) is 0 Å². The standard InChI is InChI=1S/C11H14F2O.C7H4O.2FH/c1-11(2,3)8-4-6-9(7-5-8)14-10(12)13;1-2-3-4-5-6-7-8;;/h4-7,10H,1-3H3;8H,1H3;2*1H. The lowest BCUT2D eigenvalue weighted by molar-refractivity contribution is -0.0498. The zero-order valence-corrected chi connectivity index (χ0v) is 13.8. The molecule has 2 nitrogen and oxygen atoms in total. The summed E-state index contributed by atoms with van der Waals surface area (Å²) in [7, 11) is 0. The molecule has 0 amide bonds. The number of aliphatic hydroxyl groups is 1. The number of hydrogen-bond donors (Lipinski definition) is 1. The fourth-order valence-corrected chi connectivity index (χ4v) is 1.29. The van der Waals surface area contributed by atoms with Crippen LogP contribution < -0.4 is 4.74 Å². The molecule has 0 aromatic heterocycles. The Balaban J connectivity index is -0.000000386. The summed E-state index contributed by atoms with van der Waals surface area (Å²) in [5, 5.41) is 7.85. The van der Waals surface area contributed by atoms with Gasteiger partial charge in [0.2, 0.25) is 0 Å². The van der Waals surface area contributed by atoms with Crippen LogP contribution in [0.25, 0.3) is 0 Å². The Bertz CT molecular complexity index is 604. The highest BCUT2D eigenvalue weighted by Gasteiger charge is 2.13. The molecule has 0 aliphatic rings. The lowest BCUT2D eigenvalue weighted by atomic mass is 9.87. The molecule has 1 rings (SSSR count). The van der Waals surface area contributed by atoms with Crippen LogP contribution in [0.5, 0.6) is 5.75 Å². The van der Waals surface area contributed by atoms with Gasteiger partial charge >= 0.3 is 6.61 Å². The van der Waals surface area contributed by atoms with Crippen LogP contribution in [-0.4, -0.2) is 11.7 Å². The molecular weight excluding hydrogens is 324 g/mol. The maximum Gasteiger partial charge on any atom is 0.387 e. The number of halogens is 4. The zero-order chi connectivity index (χ0) is 17.0. The van der Waals surface area contributed by atoms with Gasteiger partial charge in [0, 0.05) is 11.8 Å². The molecule has 0 saturated heterocycles. The van der Waals surface area contributed by atoms with Crippen LogP contribution in [-0.2, 0) is 5.41 Å². The van der Waals surface area contributed by atoms with Crippen molar-refractivity contribution >= 4 is 0 Å². The van der Waals surface area contributed by atoms with Gasteiger partial charge in [0.15, 0.2) is 0 Å². The normalized spacial score (nSPS) is 8.12. The van der Waals surface area contributed by atoms with E-state index in [2.05, 4.69) is 55.1 Å². The van der Waals surface area contributed by atoms with Crippen molar-refractivity contribution in [3.8, 4) is 41.5 Å². The second kappa shape index (κ2) is 13.9. The molecule has 0 aliphatic carbocycles. The minimum Gasteiger partial charge on any atom is -0.461 e. The fraction of sp³-hybridized carbons (Fsp3) is 0.333. The van der Waals surface area contributed by atoms with Crippen molar-refractivity contribution in [3.63, 3.8) is 0 Å². The molecule has 0 spiro atoms. The Morgan fingerprint density at radius 1 is 0.958 bits per heavy atom. The quantitative estimate of drug-likeness (QED) is 0.642. The van der Waals surface area contributed by atoms with E-state index in [0.29, 0.717) is 0 Å². The van der Waals surface area contributed by atoms with Crippen molar-refractivity contribution in [1.82, 2.24) is 0 Å². The Labute approximate surface area is 140 Å². The summed E-state index contributed by atoms with van der Waals surface area (Å²) >= 11 is 0. The molecule has 1 N–H and O–H groups in total. The second-order valence-corrected chi connectivity index (χ2v) is 5.01. The topological polar surface area (TPSA) is 29.5 Å². The minimum atomic E-state index is -2.75. The molecule has 0 saturated carbocycles. The van der Waals surface area contributed by atoms with Crippen molar-refractivity contribution in [1.29, 1.82) is 0 Å². The van der Waals surface area contributed by atoms with Gasteiger partial charge in [-0.15, -0.1) is 0 Å². The third kappa shape index (κ3) is 12.9. The Kier molecular flexibility index (Phi) is 15.1. The van der Waals surface area contributed by atoms with E-state index >= 15 is 0 Å². The zero-order valence-electron chi connectivity index (χ0n) is 13.8. The van der Waals surface area contributed by atoms with Crippen LogP contribution in [0.3, 0.4) is 0 Å². The molecule has 0 heterocycles. The Morgan fingerprint density at radius 2 is 1.46 bits per heavy atom. The van der Waals surface area contributed by atoms with Gasteiger partial charge in [0.1, 0.15) is 11.9 Å². The van der Waals surface area contributed by atoms with E-state index in [1.807, 2.05) is 0 Å². The number of benzene rings is 1. The number of ether oxygens (including phenoxy) is 1. The monoisotopic (exact) mass is 344 g/mol. The van der Waals surface area contributed by atoms with Crippen molar-refractivity contribution < 1.29 is 28.0 Å². The van der Waals surface area contributed by atoms with Crippen LogP contribution in [0.4, 0.5) is 18.2 Å². The smallest absolute Gasteiger partial charge is 0.387 e. The molecule has 132 valence electrons. The molecule has 0 bridgehead atoms. The predicted octanol–water partition coefficient (Wildman–Crippen LogP) is 4.24. The summed E-state index contributed by atoms with van der Waals surface area (Å²) in [6.45, 7) is 5.12. The third-order valence-corrected chi connectivity index (χ3v) is 2.31. The number of alkyl halides is 2. The minimum absolute atomic E-state index is 0. The molecule has 0 unspecified atom stereocenters. The first-order valence-electron chi connectivity index (χ1n) is 6.42. The highest BCUT2D eigenvalue weighted by molar-refractivity contribution is 5.34. The molecule has 6 heteroatoms. The van der Waals surface area contributed by atoms with Gasteiger partial charge in [0.05, 0.1) is 0 Å². The summed E-state index contributed by atoms with van der Waals surface area (Å²) in [6, 6.07) is 6.73. The molecule has 0 aliphatic heterocycles. The van der Waals surface area contributed by atoms with Crippen LogP contribution in [0.15, 0.2) is 24.3 Å². The maximum absolute atomic E-state index is 11.8. The lowest BCUT2D eigenvalue weighted by Gasteiger charge is -2.19. The van der Waals surface area contributed by atoms with E-state index < -0.39 is 6.61 Å². The Morgan fingerprint density at radius 3 is 1.83 bits per heavy atom. The second-order valence-electron chi connectivity index (χ2n) is 5.01. The van der Waals surface area contributed by atoms with Gasteiger partial charge in [-0.25, -0.2) is 0 Å². The van der Waals surface area contributed by atoms with Gasteiger partial charge in [-0.1, -0.05) is 38.8 Å². The van der Waals surface area contributed by atoms with Crippen molar-refractivity contribution in [2.75, 3.05) is 0 Å². The van der Waals surface area contributed by atoms with Crippen LogP contribution in [0, 0.1) is 35.7 Å². The summed E-state index contributed by atoms with van der Waals surface area (Å²) in [6.07, 6.45) is 1.64. The van der Waals surface area contributed by atoms with Crippen molar-refractivity contribution in [3.05, 3.63) is 29.8 Å². The fourth-order valence-electron chi connectivity index (χ4n) is 1.29. The summed E-state index contributed by atoms with van der Waals surface area (Å²) in [5.41, 5.74) is 1.13. The van der Waals surface area contributed by atoms with Gasteiger partial charge in [-0.05, 0) is 41.9 Å². The van der Waals surface area contributed by atoms with E-state index in [1.54, 1.807) is 37.3 Å². The van der Waals surface area contributed by atoms with Crippen LogP contribution in [0.2, 0.25) is 0 Å². The van der Waals surface area contributed by atoms with E-state index in [9.17, 15) is 8.78 Å². The van der Waals surface area contributed by atoms with Gasteiger partial charge < -0.3 is 9.84 Å². The predicted molar refractivity (Wildman–Crippen MR) is 87.7 cm³/mol. The number of aliphatic hydroxyl groups excluding tert-OH is 1. The Hall–Kier alpha value is -2.78. The van der Waals surface area contributed by atoms with Crippen LogP contribution in [0.1, 0.15) is 33.3 Å². The average molecular weight is 344 g/mol. The molecule has 1 aromatic rings. The summed E-state index contributed by atoms with van der Waals surface area (Å²) in [5.74, 6) is 12.0. The van der Waals surface area contributed by atoms with Crippen LogP contribution >= 0.6 is 0 Å². The summed E-state index contributed by atoms with van der Waals surface area (Å²) < 4.78 is 27.9. The van der Waals surface area contributed by atoms with Gasteiger partial charge in [0.25, 0.3) is 0 Å². The largest absolute Gasteiger partial charge is 0.461 e. The molecule has 24 heavy (non-hydrogen) atoms. The van der Waals surface area contributed by atoms with E-state index in [4.69, 9.17) is 5.11 Å². The highest BCUT2D eigenvalue weighted by atomic mass is 19.3. The van der Waals surface area contributed by atoms with E-state index in [1.165, 1.54) is 0 Å². The molecule has 0 fully saturated rings. The van der Waals surface area contributed by atoms with Gasteiger partial charge in [-0.3, -0.25) is 9.41 Å².